The number of aromatic nitrogens is 4. The van der Waals surface area contributed by atoms with Crippen LogP contribution in [0.5, 0.6) is 0 Å². The molecule has 23 heavy (non-hydrogen) atoms. The van der Waals surface area contributed by atoms with Crippen LogP contribution in [-0.2, 0) is 7.05 Å². The van der Waals surface area contributed by atoms with Crippen LogP contribution in [0.3, 0.4) is 0 Å². The van der Waals surface area contributed by atoms with Crippen molar-refractivity contribution >= 4 is 6.03 Å². The van der Waals surface area contributed by atoms with Gasteiger partial charge in [0.25, 0.3) is 0 Å². The van der Waals surface area contributed by atoms with Crippen molar-refractivity contribution in [1.82, 2.24) is 30.0 Å². The van der Waals surface area contributed by atoms with Gasteiger partial charge in [-0.05, 0) is 38.0 Å². The molecule has 124 valence electrons. The zero-order valence-corrected chi connectivity index (χ0v) is 14.1. The first-order chi connectivity index (χ1) is 11.1. The van der Waals surface area contributed by atoms with Crippen molar-refractivity contribution in [3.8, 4) is 0 Å². The fraction of sp³-hybridized carbons (Fsp3) is 0.500. The van der Waals surface area contributed by atoms with Crippen LogP contribution < -0.4 is 5.32 Å². The SMILES string of the molecule is CC[C@@H](c1ccncc1)N(CC)C(=O)N[C@@H](C)c1nncn1C. The summed E-state index contributed by atoms with van der Waals surface area (Å²) in [6.07, 6.45) is 5.98. The Labute approximate surface area is 136 Å². The van der Waals surface area contributed by atoms with Crippen LogP contribution >= 0.6 is 0 Å². The third kappa shape index (κ3) is 3.85. The number of nitrogens with one attached hydrogen (secondary N) is 1. The predicted octanol–water partition coefficient (Wildman–Crippen LogP) is 2.45. The van der Waals surface area contributed by atoms with E-state index in [4.69, 9.17) is 0 Å². The molecular formula is C16H24N6O. The number of hydrogen-bond acceptors (Lipinski definition) is 4. The lowest BCUT2D eigenvalue weighted by Crippen LogP contribution is -2.43. The van der Waals surface area contributed by atoms with E-state index in [2.05, 4.69) is 27.4 Å². The second-order valence-corrected chi connectivity index (χ2v) is 5.46. The minimum absolute atomic E-state index is 0.0229. The second-order valence-electron chi connectivity index (χ2n) is 5.46. The Kier molecular flexibility index (Phi) is 5.67. The van der Waals surface area contributed by atoms with E-state index in [9.17, 15) is 4.79 Å². The fourth-order valence-corrected chi connectivity index (χ4v) is 2.74. The Hall–Kier alpha value is -2.44. The van der Waals surface area contributed by atoms with Gasteiger partial charge < -0.3 is 14.8 Å². The maximum atomic E-state index is 12.7. The molecule has 0 aliphatic rings. The maximum absolute atomic E-state index is 12.7. The van der Waals surface area contributed by atoms with E-state index in [-0.39, 0.29) is 18.1 Å². The molecule has 0 fully saturated rings. The molecule has 0 unspecified atom stereocenters. The highest BCUT2D eigenvalue weighted by Gasteiger charge is 2.24. The van der Waals surface area contributed by atoms with Crippen molar-refractivity contribution in [3.63, 3.8) is 0 Å². The molecule has 2 rings (SSSR count). The molecule has 2 atom stereocenters. The lowest BCUT2D eigenvalue weighted by atomic mass is 10.0. The number of carbonyl (C=O) groups is 1. The number of urea groups is 1. The quantitative estimate of drug-likeness (QED) is 0.888. The highest BCUT2D eigenvalue weighted by molar-refractivity contribution is 5.75. The Balaban J connectivity index is 2.13. The summed E-state index contributed by atoms with van der Waals surface area (Å²) in [5.74, 6) is 0.728. The van der Waals surface area contributed by atoms with E-state index in [1.807, 2.05) is 37.9 Å². The summed E-state index contributed by atoms with van der Waals surface area (Å²) in [6.45, 7) is 6.59. The van der Waals surface area contributed by atoms with Crippen LogP contribution in [0.1, 0.15) is 50.7 Å². The Morgan fingerprint density at radius 1 is 1.35 bits per heavy atom. The van der Waals surface area contributed by atoms with Crippen LogP contribution in [0.15, 0.2) is 30.9 Å². The molecule has 7 nitrogen and oxygen atoms in total. The van der Waals surface area contributed by atoms with Gasteiger partial charge in [0.05, 0.1) is 12.1 Å². The van der Waals surface area contributed by atoms with E-state index < -0.39 is 0 Å². The second kappa shape index (κ2) is 7.71. The topological polar surface area (TPSA) is 75.9 Å². The van der Waals surface area contributed by atoms with Crippen molar-refractivity contribution in [2.75, 3.05) is 6.54 Å². The predicted molar refractivity (Wildman–Crippen MR) is 87.6 cm³/mol. The van der Waals surface area contributed by atoms with E-state index in [0.29, 0.717) is 6.54 Å². The normalized spacial score (nSPS) is 13.4. The molecule has 0 bridgehead atoms. The molecule has 0 aliphatic carbocycles. The molecule has 0 spiro atoms. The highest BCUT2D eigenvalue weighted by Crippen LogP contribution is 2.24. The smallest absolute Gasteiger partial charge is 0.318 e. The monoisotopic (exact) mass is 316 g/mol. The van der Waals surface area contributed by atoms with Crippen LogP contribution in [0.4, 0.5) is 4.79 Å². The lowest BCUT2D eigenvalue weighted by molar-refractivity contribution is 0.172. The largest absolute Gasteiger partial charge is 0.328 e. The molecule has 0 radical (unpaired) electrons. The van der Waals surface area contributed by atoms with Gasteiger partial charge >= 0.3 is 6.03 Å². The minimum Gasteiger partial charge on any atom is -0.328 e. The lowest BCUT2D eigenvalue weighted by Gasteiger charge is -2.31. The molecule has 2 heterocycles. The summed E-state index contributed by atoms with van der Waals surface area (Å²) in [5.41, 5.74) is 1.09. The molecular weight excluding hydrogens is 292 g/mol. The van der Waals surface area contributed by atoms with E-state index in [1.165, 1.54) is 0 Å². The van der Waals surface area contributed by atoms with Crippen LogP contribution in [0.2, 0.25) is 0 Å². The fourth-order valence-electron chi connectivity index (χ4n) is 2.74. The molecule has 0 aromatic carbocycles. The first-order valence-corrected chi connectivity index (χ1v) is 7.89. The summed E-state index contributed by atoms with van der Waals surface area (Å²) >= 11 is 0. The molecule has 1 N–H and O–H groups in total. The Morgan fingerprint density at radius 2 is 2.04 bits per heavy atom. The van der Waals surface area contributed by atoms with Gasteiger partial charge in [-0.25, -0.2) is 4.79 Å². The standard InChI is InChI=1S/C16H24N6O/c1-5-14(13-7-9-17-10-8-13)22(6-2)16(23)19-12(3)15-20-18-11-21(15)4/h7-12,14H,5-6H2,1-4H3,(H,19,23)/t12-,14-/m0/s1. The summed E-state index contributed by atoms with van der Waals surface area (Å²) in [4.78, 5) is 18.6. The Morgan fingerprint density at radius 3 is 2.57 bits per heavy atom. The van der Waals surface area contributed by atoms with Gasteiger partial charge in [0.15, 0.2) is 5.82 Å². The number of pyridine rings is 1. The van der Waals surface area contributed by atoms with Gasteiger partial charge in [0.2, 0.25) is 0 Å². The third-order valence-electron chi connectivity index (χ3n) is 3.93. The molecule has 0 saturated heterocycles. The number of aryl methyl sites for hydroxylation is 1. The third-order valence-corrected chi connectivity index (χ3v) is 3.93. The van der Waals surface area contributed by atoms with Crippen molar-refractivity contribution < 1.29 is 4.79 Å². The van der Waals surface area contributed by atoms with Crippen LogP contribution in [0.25, 0.3) is 0 Å². The van der Waals surface area contributed by atoms with E-state index in [0.717, 1.165) is 17.8 Å². The molecule has 0 aliphatic heterocycles. The van der Waals surface area contributed by atoms with Crippen molar-refractivity contribution in [2.45, 2.75) is 39.3 Å². The van der Waals surface area contributed by atoms with Gasteiger partial charge in [-0.1, -0.05) is 6.92 Å². The minimum atomic E-state index is -0.209. The Bertz CT molecular complexity index is 627. The highest BCUT2D eigenvalue weighted by atomic mass is 16.2. The van der Waals surface area contributed by atoms with Gasteiger partial charge in [-0.15, -0.1) is 10.2 Å². The maximum Gasteiger partial charge on any atom is 0.318 e. The summed E-state index contributed by atoms with van der Waals surface area (Å²) in [7, 11) is 1.86. The van der Waals surface area contributed by atoms with Crippen molar-refractivity contribution in [1.29, 1.82) is 0 Å². The van der Waals surface area contributed by atoms with E-state index in [1.54, 1.807) is 23.3 Å². The number of rotatable bonds is 6. The first kappa shape index (κ1) is 16.9. The van der Waals surface area contributed by atoms with Crippen molar-refractivity contribution in [3.05, 3.63) is 42.2 Å². The number of carbonyl (C=O) groups excluding carboxylic acids is 1. The molecule has 2 aromatic rings. The molecule has 2 amide bonds. The zero-order chi connectivity index (χ0) is 16.8. The van der Waals surface area contributed by atoms with Gasteiger partial charge in [0.1, 0.15) is 6.33 Å². The molecule has 0 saturated carbocycles. The van der Waals surface area contributed by atoms with E-state index >= 15 is 0 Å². The van der Waals surface area contributed by atoms with Crippen LogP contribution in [-0.4, -0.2) is 37.2 Å². The van der Waals surface area contributed by atoms with Gasteiger partial charge in [-0.3, -0.25) is 4.98 Å². The van der Waals surface area contributed by atoms with Gasteiger partial charge in [0, 0.05) is 26.0 Å². The van der Waals surface area contributed by atoms with Gasteiger partial charge in [-0.2, -0.15) is 0 Å². The molecule has 2 aromatic heterocycles. The number of amides is 2. The molecule has 7 heteroatoms. The number of nitrogens with zero attached hydrogens (tertiary/aromatic N) is 5. The van der Waals surface area contributed by atoms with Crippen LogP contribution in [0, 0.1) is 0 Å². The summed E-state index contributed by atoms with van der Waals surface area (Å²) in [5, 5.41) is 10.9. The average Bonchev–Trinajstić information content (AvgIpc) is 2.99. The summed E-state index contributed by atoms with van der Waals surface area (Å²) in [6, 6.07) is 3.62. The number of hydrogen-bond donors (Lipinski definition) is 1. The zero-order valence-electron chi connectivity index (χ0n) is 14.1. The average molecular weight is 316 g/mol. The van der Waals surface area contributed by atoms with Crippen molar-refractivity contribution in [2.24, 2.45) is 7.05 Å². The summed E-state index contributed by atoms with van der Waals surface area (Å²) < 4.78 is 1.81. The first-order valence-electron chi connectivity index (χ1n) is 7.89.